The van der Waals surface area contributed by atoms with Gasteiger partial charge in [-0.05, 0) is 60.9 Å². The van der Waals surface area contributed by atoms with E-state index in [0.717, 1.165) is 56.5 Å². The molecule has 37 heavy (non-hydrogen) atoms. The molecule has 0 radical (unpaired) electrons. The molecule has 2 aromatic carbocycles. The summed E-state index contributed by atoms with van der Waals surface area (Å²) in [5, 5.41) is 2.65. The fourth-order valence-corrected chi connectivity index (χ4v) is 5.00. The van der Waals surface area contributed by atoms with E-state index in [-0.39, 0.29) is 17.7 Å². The molecule has 5 rings (SSSR count). The Kier molecular flexibility index (Phi) is 6.64. The van der Waals surface area contributed by atoms with Gasteiger partial charge in [-0.15, -0.1) is 0 Å². The van der Waals surface area contributed by atoms with Crippen LogP contribution in [-0.4, -0.2) is 29.0 Å². The molecule has 2 fully saturated rings. The molecular formula is C28H28F4N4O. The number of aromatic nitrogens is 2. The number of carbonyl (C=O) groups is 1. The van der Waals surface area contributed by atoms with Gasteiger partial charge in [-0.25, -0.2) is 14.4 Å². The van der Waals surface area contributed by atoms with Gasteiger partial charge >= 0.3 is 6.18 Å². The first-order valence-corrected chi connectivity index (χ1v) is 12.5. The van der Waals surface area contributed by atoms with Crippen LogP contribution < -0.4 is 10.2 Å². The van der Waals surface area contributed by atoms with Gasteiger partial charge in [-0.3, -0.25) is 4.79 Å². The molecule has 0 bridgehead atoms. The van der Waals surface area contributed by atoms with Gasteiger partial charge in [-0.1, -0.05) is 37.3 Å². The van der Waals surface area contributed by atoms with Gasteiger partial charge in [0.15, 0.2) is 0 Å². The molecule has 0 atom stereocenters. The minimum absolute atomic E-state index is 0.0198. The molecule has 1 aromatic heterocycles. The number of hydrogen-bond donors (Lipinski definition) is 1. The highest BCUT2D eigenvalue weighted by Crippen LogP contribution is 2.54. The second-order valence-electron chi connectivity index (χ2n) is 10.1. The molecule has 5 nitrogen and oxygen atoms in total. The topological polar surface area (TPSA) is 58.1 Å². The third kappa shape index (κ3) is 5.31. The summed E-state index contributed by atoms with van der Waals surface area (Å²) in [5.74, 6) is -0.292. The lowest BCUT2D eigenvalue weighted by Crippen LogP contribution is -2.35. The molecule has 1 saturated carbocycles. The van der Waals surface area contributed by atoms with Crippen LogP contribution in [0.25, 0.3) is 0 Å². The van der Waals surface area contributed by atoms with Crippen LogP contribution in [0.5, 0.6) is 0 Å². The number of benzene rings is 2. The van der Waals surface area contributed by atoms with Crippen molar-refractivity contribution in [1.29, 1.82) is 0 Å². The summed E-state index contributed by atoms with van der Waals surface area (Å²) in [7, 11) is 0. The first-order valence-electron chi connectivity index (χ1n) is 12.5. The van der Waals surface area contributed by atoms with Crippen molar-refractivity contribution >= 4 is 11.9 Å². The van der Waals surface area contributed by atoms with Crippen molar-refractivity contribution in [2.24, 2.45) is 5.92 Å². The van der Waals surface area contributed by atoms with Crippen molar-refractivity contribution < 1.29 is 22.4 Å². The second kappa shape index (κ2) is 9.76. The lowest BCUT2D eigenvalue weighted by Gasteiger charge is -2.31. The quantitative estimate of drug-likeness (QED) is 0.419. The zero-order chi connectivity index (χ0) is 26.2. The van der Waals surface area contributed by atoms with Gasteiger partial charge in [0.1, 0.15) is 5.82 Å². The maximum atomic E-state index is 13.8. The van der Waals surface area contributed by atoms with E-state index in [0.29, 0.717) is 23.6 Å². The van der Waals surface area contributed by atoms with E-state index in [4.69, 9.17) is 4.98 Å². The lowest BCUT2D eigenvalue weighted by molar-refractivity contribution is -0.137. The Morgan fingerprint density at radius 3 is 2.46 bits per heavy atom. The zero-order valence-electron chi connectivity index (χ0n) is 20.5. The number of hydrogen-bond acceptors (Lipinski definition) is 4. The number of nitrogens with zero attached hydrogens (tertiary/aromatic N) is 3. The summed E-state index contributed by atoms with van der Waals surface area (Å²) in [5.41, 5.74) is 0.462. The van der Waals surface area contributed by atoms with Crippen LogP contribution in [0.3, 0.4) is 0 Å². The van der Waals surface area contributed by atoms with Gasteiger partial charge < -0.3 is 10.2 Å². The predicted octanol–water partition coefficient (Wildman–Crippen LogP) is 5.88. The molecule has 1 aliphatic heterocycles. The largest absolute Gasteiger partial charge is 0.416 e. The molecule has 1 aliphatic carbocycles. The number of alkyl halides is 3. The summed E-state index contributed by atoms with van der Waals surface area (Å²) in [4.78, 5) is 24.9. The molecule has 1 N–H and O–H groups in total. The van der Waals surface area contributed by atoms with Crippen LogP contribution in [-0.2, 0) is 18.1 Å². The number of halogens is 4. The van der Waals surface area contributed by atoms with Gasteiger partial charge in [0.2, 0.25) is 5.95 Å². The standard InChI is InChI=1S/C28H28F4N4O/c1-18-7-11-36(12-8-18)26-34-17-23(24(35-26)27(9-10-27)20-5-3-2-4-6-20)25(37)33-16-19-13-21(28(30,31)32)15-22(29)14-19/h2-6,13-15,17-18H,7-12,16H2,1H3,(H,33,37). The number of piperidine rings is 1. The molecule has 2 heterocycles. The normalized spacial score (nSPS) is 17.5. The van der Waals surface area contributed by atoms with Crippen molar-refractivity contribution in [1.82, 2.24) is 15.3 Å². The average molecular weight is 513 g/mol. The van der Waals surface area contributed by atoms with Crippen molar-refractivity contribution in [2.75, 3.05) is 18.0 Å². The molecule has 1 saturated heterocycles. The van der Waals surface area contributed by atoms with Crippen LogP contribution in [0.2, 0.25) is 0 Å². The smallest absolute Gasteiger partial charge is 0.348 e. The van der Waals surface area contributed by atoms with E-state index < -0.39 is 28.9 Å². The molecular weight excluding hydrogens is 484 g/mol. The second-order valence-corrected chi connectivity index (χ2v) is 10.1. The average Bonchev–Trinajstić information content (AvgIpc) is 3.69. The highest BCUT2D eigenvalue weighted by atomic mass is 19.4. The minimum Gasteiger partial charge on any atom is -0.348 e. The first-order chi connectivity index (χ1) is 17.7. The highest BCUT2D eigenvalue weighted by molar-refractivity contribution is 5.95. The maximum Gasteiger partial charge on any atom is 0.416 e. The predicted molar refractivity (Wildman–Crippen MR) is 132 cm³/mol. The van der Waals surface area contributed by atoms with Crippen LogP contribution in [0.4, 0.5) is 23.5 Å². The Bertz CT molecular complexity index is 1280. The van der Waals surface area contributed by atoms with Crippen molar-refractivity contribution in [3.8, 4) is 0 Å². The lowest BCUT2D eigenvalue weighted by atomic mass is 9.89. The number of amides is 1. The van der Waals surface area contributed by atoms with Crippen LogP contribution >= 0.6 is 0 Å². The summed E-state index contributed by atoms with van der Waals surface area (Å²) in [6.07, 6.45) is 0.558. The fourth-order valence-electron chi connectivity index (χ4n) is 5.00. The van der Waals surface area contributed by atoms with Gasteiger partial charge in [0.25, 0.3) is 5.91 Å². The van der Waals surface area contributed by atoms with E-state index in [1.54, 1.807) is 0 Å². The van der Waals surface area contributed by atoms with Crippen LogP contribution in [0.15, 0.2) is 54.7 Å². The molecule has 194 valence electrons. The van der Waals surface area contributed by atoms with Gasteiger partial charge in [0, 0.05) is 31.2 Å². The van der Waals surface area contributed by atoms with Crippen LogP contribution in [0, 0.1) is 11.7 Å². The SMILES string of the molecule is CC1CCN(c2ncc(C(=O)NCc3cc(F)cc(C(F)(F)F)c3)c(C3(c4ccccc4)CC3)n2)CC1. The van der Waals surface area contributed by atoms with Gasteiger partial charge in [0.05, 0.1) is 16.8 Å². The molecule has 0 spiro atoms. The van der Waals surface area contributed by atoms with Crippen LogP contribution in [0.1, 0.15) is 65.3 Å². The van der Waals surface area contributed by atoms with E-state index in [1.165, 1.54) is 6.20 Å². The number of rotatable bonds is 6. The minimum atomic E-state index is -4.68. The van der Waals surface area contributed by atoms with E-state index in [1.807, 2.05) is 30.3 Å². The van der Waals surface area contributed by atoms with E-state index in [9.17, 15) is 22.4 Å². The summed E-state index contributed by atoms with van der Waals surface area (Å²) < 4.78 is 53.1. The Morgan fingerprint density at radius 2 is 1.81 bits per heavy atom. The molecule has 3 aromatic rings. The van der Waals surface area contributed by atoms with Gasteiger partial charge in [-0.2, -0.15) is 13.2 Å². The number of nitrogens with one attached hydrogen (secondary N) is 1. The van der Waals surface area contributed by atoms with Crippen molar-refractivity contribution in [3.63, 3.8) is 0 Å². The summed E-state index contributed by atoms with van der Waals surface area (Å²) in [6, 6.07) is 12.1. The summed E-state index contributed by atoms with van der Waals surface area (Å²) in [6.45, 7) is 3.64. The van der Waals surface area contributed by atoms with Crippen molar-refractivity contribution in [2.45, 2.75) is 50.7 Å². The molecule has 9 heteroatoms. The molecule has 2 aliphatic rings. The summed E-state index contributed by atoms with van der Waals surface area (Å²) >= 11 is 0. The Balaban J connectivity index is 1.45. The number of anilines is 1. The Morgan fingerprint density at radius 1 is 1.11 bits per heavy atom. The molecule has 1 amide bonds. The monoisotopic (exact) mass is 512 g/mol. The van der Waals surface area contributed by atoms with E-state index in [2.05, 4.69) is 22.1 Å². The number of carbonyl (C=O) groups excluding carboxylic acids is 1. The third-order valence-electron chi connectivity index (χ3n) is 7.35. The Labute approximate surface area is 212 Å². The van der Waals surface area contributed by atoms with E-state index >= 15 is 0 Å². The fraction of sp³-hybridized carbons (Fsp3) is 0.393. The third-order valence-corrected chi connectivity index (χ3v) is 7.35. The molecule has 0 unspecified atom stereocenters. The first kappa shape index (κ1) is 25.2. The maximum absolute atomic E-state index is 13.8. The zero-order valence-corrected chi connectivity index (χ0v) is 20.5. The Hall–Kier alpha value is -3.49. The highest BCUT2D eigenvalue weighted by Gasteiger charge is 2.49. The van der Waals surface area contributed by atoms with Crippen molar-refractivity contribution in [3.05, 3.63) is 88.5 Å².